The lowest BCUT2D eigenvalue weighted by Crippen LogP contribution is -2.60. The van der Waals surface area contributed by atoms with E-state index < -0.39 is 20.4 Å². The molecule has 0 fully saturated rings. The average Bonchev–Trinajstić information content (AvgIpc) is 3.17. The molecule has 246 valence electrons. The summed E-state index contributed by atoms with van der Waals surface area (Å²) in [5.41, 5.74) is 21.2. The van der Waals surface area contributed by atoms with Gasteiger partial charge in [0.05, 0.1) is 9.49 Å². The third kappa shape index (κ3) is 6.90. The number of ketones is 1. The van der Waals surface area contributed by atoms with Crippen molar-refractivity contribution in [3.8, 4) is 0 Å². The third-order valence-corrected chi connectivity index (χ3v) is 12.8. The van der Waals surface area contributed by atoms with Crippen molar-refractivity contribution < 1.29 is 4.79 Å². The van der Waals surface area contributed by atoms with E-state index in [1.54, 1.807) is 6.92 Å². The van der Waals surface area contributed by atoms with E-state index in [-0.39, 0.29) is 5.78 Å². The quantitative estimate of drug-likeness (QED) is 0.0888. The van der Waals surface area contributed by atoms with Gasteiger partial charge in [-0.2, -0.15) is 0 Å². The molecule has 0 amide bonds. The van der Waals surface area contributed by atoms with Gasteiger partial charge in [0, 0.05) is 6.04 Å². The number of hydrogen-bond donors (Lipinski definition) is 2. The Morgan fingerprint density at radius 3 is 1.04 bits per heavy atom. The largest absolute Gasteiger partial charge is 0.325 e. The minimum absolute atomic E-state index is 0.150. The number of Topliss-reactive ketones (excluding diaryl/α,β-unsaturated/α-hetero) is 1. The molecule has 6 rings (SSSR count). The molecule has 0 radical (unpaired) electrons. The van der Waals surface area contributed by atoms with Gasteiger partial charge < -0.3 is 11.5 Å². The van der Waals surface area contributed by atoms with Crippen LogP contribution < -0.4 is 11.5 Å². The Morgan fingerprint density at radius 2 is 0.776 bits per heavy atom. The van der Waals surface area contributed by atoms with Crippen LogP contribution in [0.5, 0.6) is 0 Å². The average molecular weight is 679 g/mol. The second kappa shape index (κ2) is 15.4. The van der Waals surface area contributed by atoms with Gasteiger partial charge in [-0.25, -0.2) is 0 Å². The van der Waals surface area contributed by atoms with Crippen LogP contribution in [0.4, 0.5) is 0 Å². The minimum Gasteiger partial charge on any atom is -0.325 e. The second-order valence-electron chi connectivity index (χ2n) is 12.3. The lowest BCUT2D eigenvalue weighted by Gasteiger charge is -2.44. The van der Waals surface area contributed by atoms with Gasteiger partial charge in [0.25, 0.3) is 0 Å². The van der Waals surface area contributed by atoms with Crippen molar-refractivity contribution in [1.82, 2.24) is 0 Å². The van der Waals surface area contributed by atoms with Gasteiger partial charge in [-0.05, 0) is 52.5 Å². The minimum atomic E-state index is -1.41. The summed E-state index contributed by atoms with van der Waals surface area (Å²) in [5.74, 6) is 0.518. The van der Waals surface area contributed by atoms with Crippen LogP contribution in [0.1, 0.15) is 46.7 Å². The molecule has 6 aromatic carbocycles. The molecule has 49 heavy (non-hydrogen) atoms. The van der Waals surface area contributed by atoms with Crippen LogP contribution in [0, 0.1) is 0 Å². The molecule has 0 aliphatic heterocycles. The predicted molar refractivity (Wildman–Crippen MR) is 209 cm³/mol. The molecule has 0 aromatic heterocycles. The Balaban J connectivity index is 1.40. The van der Waals surface area contributed by atoms with E-state index in [4.69, 9.17) is 11.5 Å². The van der Waals surface area contributed by atoms with Crippen molar-refractivity contribution in [2.24, 2.45) is 11.5 Å². The number of carbonyl (C=O) groups is 1. The first-order valence-corrected chi connectivity index (χ1v) is 18.4. The lowest BCUT2D eigenvalue weighted by atomic mass is 9.84. The lowest BCUT2D eigenvalue weighted by molar-refractivity contribution is -0.119. The van der Waals surface area contributed by atoms with Gasteiger partial charge >= 0.3 is 0 Å². The summed E-state index contributed by atoms with van der Waals surface area (Å²) in [6.07, 6.45) is 0.524. The van der Waals surface area contributed by atoms with Gasteiger partial charge in [-0.15, -0.1) is 23.5 Å². The van der Waals surface area contributed by atoms with Crippen LogP contribution >= 0.6 is 23.5 Å². The van der Waals surface area contributed by atoms with Gasteiger partial charge in [-0.1, -0.05) is 182 Å². The fourth-order valence-corrected chi connectivity index (χ4v) is 9.95. The van der Waals surface area contributed by atoms with E-state index in [9.17, 15) is 4.79 Å². The van der Waals surface area contributed by atoms with Crippen LogP contribution in [0.25, 0.3) is 0 Å². The van der Waals surface area contributed by atoms with Gasteiger partial charge in [0.2, 0.25) is 0 Å². The van der Waals surface area contributed by atoms with Crippen LogP contribution in [0.15, 0.2) is 182 Å². The molecule has 3 nitrogen and oxygen atoms in total. The molecule has 6 aromatic rings. The molecular formula is C44H42N2OS2. The summed E-state index contributed by atoms with van der Waals surface area (Å²) in [6.45, 7) is 1.58. The first-order valence-electron chi connectivity index (χ1n) is 16.6. The highest BCUT2D eigenvalue weighted by molar-refractivity contribution is 8.02. The summed E-state index contributed by atoms with van der Waals surface area (Å²) >= 11 is 3.29. The van der Waals surface area contributed by atoms with Crippen molar-refractivity contribution in [3.63, 3.8) is 0 Å². The zero-order valence-electron chi connectivity index (χ0n) is 27.7. The van der Waals surface area contributed by atoms with E-state index in [1.807, 2.05) is 66.4 Å². The first kappa shape index (κ1) is 34.5. The molecule has 0 bridgehead atoms. The number of nitrogens with two attached hydrogens (primary N) is 2. The summed E-state index contributed by atoms with van der Waals surface area (Å²) in [4.78, 5) is 12.5. The third-order valence-electron chi connectivity index (χ3n) is 9.25. The number of carbonyl (C=O) groups excluding carboxylic acids is 1. The molecule has 5 heteroatoms. The fraction of sp³-hybridized carbons (Fsp3) is 0.159. The zero-order valence-corrected chi connectivity index (χ0v) is 29.3. The first-order chi connectivity index (χ1) is 23.9. The SMILES string of the molecule is CC(=O)C(N)(SC(c1ccccc1)(c1ccccc1)c1ccccc1)C(N)CCSC(c1ccccc1)(c1ccccc1)c1ccccc1. The van der Waals surface area contributed by atoms with E-state index >= 15 is 0 Å². The molecule has 0 spiro atoms. The standard InChI is InChI=1S/C44H42N2OS2/c1-34(47)44(46,49-43(38-26-14-5-15-27-38,39-28-16-6-17-29-39)40-30-18-7-19-31-40)41(45)32-33-48-42(35-20-8-2-9-21-35,36-22-10-3-11-23-36)37-24-12-4-13-25-37/h2-31,41H,32-33,45-46H2,1H3. The Kier molecular flexibility index (Phi) is 10.9. The molecule has 2 atom stereocenters. The molecule has 2 unspecified atom stereocenters. The van der Waals surface area contributed by atoms with Crippen LogP contribution in [0.3, 0.4) is 0 Å². The summed E-state index contributed by atoms with van der Waals surface area (Å²) < 4.78 is -1.29. The molecule has 0 aliphatic carbocycles. The Labute approximate surface area is 299 Å². The maximum absolute atomic E-state index is 13.9. The van der Waals surface area contributed by atoms with E-state index in [2.05, 4.69) is 127 Å². The summed E-state index contributed by atoms with van der Waals surface area (Å²) in [7, 11) is 0. The van der Waals surface area contributed by atoms with Crippen molar-refractivity contribution in [3.05, 3.63) is 215 Å². The molecule has 0 aliphatic rings. The Hall–Kier alpha value is -4.39. The highest BCUT2D eigenvalue weighted by Gasteiger charge is 2.49. The normalized spacial score (nSPS) is 13.7. The smallest absolute Gasteiger partial charge is 0.161 e. The van der Waals surface area contributed by atoms with Crippen LogP contribution in [-0.4, -0.2) is 22.4 Å². The molecule has 4 N–H and O–H groups in total. The zero-order chi connectivity index (χ0) is 34.2. The molecule has 0 heterocycles. The van der Waals surface area contributed by atoms with Crippen molar-refractivity contribution in [2.75, 3.05) is 5.75 Å². The number of rotatable bonds is 14. The Morgan fingerprint density at radius 1 is 0.510 bits per heavy atom. The van der Waals surface area contributed by atoms with Gasteiger partial charge in [0.15, 0.2) is 5.78 Å². The molecule has 0 saturated carbocycles. The monoisotopic (exact) mass is 678 g/mol. The molecule has 0 saturated heterocycles. The summed E-state index contributed by atoms with van der Waals surface area (Å²) in [6, 6.07) is 62.2. The van der Waals surface area contributed by atoms with E-state index in [0.29, 0.717) is 12.2 Å². The van der Waals surface area contributed by atoms with E-state index in [1.165, 1.54) is 28.5 Å². The van der Waals surface area contributed by atoms with Crippen molar-refractivity contribution in [2.45, 2.75) is 33.8 Å². The summed E-state index contributed by atoms with van der Waals surface area (Å²) in [5, 5.41) is 0. The van der Waals surface area contributed by atoms with Crippen molar-refractivity contribution in [1.29, 1.82) is 0 Å². The number of benzene rings is 6. The maximum atomic E-state index is 13.9. The van der Waals surface area contributed by atoms with Crippen LogP contribution in [-0.2, 0) is 14.3 Å². The van der Waals surface area contributed by atoms with Gasteiger partial charge in [0.1, 0.15) is 4.87 Å². The number of hydrogen-bond acceptors (Lipinski definition) is 5. The topological polar surface area (TPSA) is 69.1 Å². The van der Waals surface area contributed by atoms with Crippen molar-refractivity contribution >= 4 is 29.3 Å². The Bertz CT molecular complexity index is 1710. The maximum Gasteiger partial charge on any atom is 0.161 e. The second-order valence-corrected chi connectivity index (χ2v) is 15.1. The fourth-order valence-electron chi connectivity index (χ4n) is 6.68. The highest BCUT2D eigenvalue weighted by atomic mass is 32.2. The van der Waals surface area contributed by atoms with E-state index in [0.717, 1.165) is 16.7 Å². The number of thioether (sulfide) groups is 2. The predicted octanol–water partition coefficient (Wildman–Crippen LogP) is 9.40. The van der Waals surface area contributed by atoms with Crippen LogP contribution in [0.2, 0.25) is 0 Å². The van der Waals surface area contributed by atoms with Gasteiger partial charge in [-0.3, -0.25) is 4.79 Å². The molecular weight excluding hydrogens is 637 g/mol. The highest BCUT2D eigenvalue weighted by Crippen LogP contribution is 2.54.